The number of ketones is 2. The van der Waals surface area contributed by atoms with Gasteiger partial charge in [-0.15, -0.1) is 0 Å². The van der Waals surface area contributed by atoms with E-state index >= 15 is 0 Å². The molecule has 0 fully saturated rings. The molecule has 7 rings (SSSR count). The lowest BCUT2D eigenvalue weighted by molar-refractivity contribution is 0.103. The number of amides is 4. The predicted octanol–water partition coefficient (Wildman–Crippen LogP) is 8.97. The molecule has 0 aliphatic rings. The van der Waals surface area contributed by atoms with E-state index in [4.69, 9.17) is 8.37 Å². The van der Waals surface area contributed by atoms with Crippen molar-refractivity contribution in [2.45, 2.75) is 9.79 Å². The van der Waals surface area contributed by atoms with Gasteiger partial charge in [0.05, 0.1) is 0 Å². The van der Waals surface area contributed by atoms with Gasteiger partial charge >= 0.3 is 32.3 Å². The molecule has 0 spiro atoms. The highest BCUT2D eigenvalue weighted by molar-refractivity contribution is 7.88. The van der Waals surface area contributed by atoms with Crippen LogP contribution in [0.4, 0.5) is 32.3 Å². The first kappa shape index (κ1) is 42.1. The smallest absolute Gasteiger partial charge is 0.339 e. The Labute approximate surface area is 356 Å². The number of benzene rings is 7. The molecule has 0 aromatic heterocycles. The van der Waals surface area contributed by atoms with Crippen molar-refractivity contribution < 1.29 is 44.4 Å². The maximum absolute atomic E-state index is 13.3. The summed E-state index contributed by atoms with van der Waals surface area (Å²) in [6, 6.07) is 44.2. The zero-order valence-electron chi connectivity index (χ0n) is 32.2. The lowest BCUT2D eigenvalue weighted by Crippen LogP contribution is -2.19. The summed E-state index contributed by atoms with van der Waals surface area (Å²) in [6.45, 7) is 0. The normalized spacial score (nSPS) is 11.1. The number of hydrogen-bond acceptors (Lipinski definition) is 10. The maximum atomic E-state index is 13.3. The summed E-state index contributed by atoms with van der Waals surface area (Å²) in [5, 5.41) is 10.4. The highest BCUT2D eigenvalue weighted by Crippen LogP contribution is 2.27. The molecule has 0 heterocycles. The summed E-state index contributed by atoms with van der Waals surface area (Å²) < 4.78 is 63.9. The first-order valence-electron chi connectivity index (χ1n) is 18.6. The molecule has 310 valence electrons. The fourth-order valence-corrected chi connectivity index (χ4v) is 7.91. The molecule has 0 atom stereocenters. The number of rotatable bonds is 14. The topological polar surface area (TPSA) is 203 Å². The van der Waals surface area contributed by atoms with Crippen molar-refractivity contribution >= 4 is 66.6 Å². The van der Waals surface area contributed by atoms with Crippen molar-refractivity contribution in [2.75, 3.05) is 21.3 Å². The van der Waals surface area contributed by atoms with Crippen molar-refractivity contribution in [3.05, 3.63) is 204 Å². The van der Waals surface area contributed by atoms with Crippen LogP contribution in [0.25, 0.3) is 0 Å². The van der Waals surface area contributed by atoms with Gasteiger partial charge in [-0.1, -0.05) is 78.9 Å². The Bertz CT molecular complexity index is 2800. The molecule has 0 radical (unpaired) electrons. The van der Waals surface area contributed by atoms with Crippen molar-refractivity contribution in [3.63, 3.8) is 0 Å². The molecule has 7 aromatic carbocycles. The lowest BCUT2D eigenvalue weighted by Gasteiger charge is -2.12. The summed E-state index contributed by atoms with van der Waals surface area (Å²) in [6.07, 6.45) is 0. The lowest BCUT2D eigenvalue weighted by atomic mass is 10.0. The van der Waals surface area contributed by atoms with Crippen molar-refractivity contribution in [1.82, 2.24) is 0 Å². The third-order valence-electron chi connectivity index (χ3n) is 8.86. The molecule has 0 bridgehead atoms. The molecule has 7 aromatic rings. The molecule has 0 aliphatic heterocycles. The zero-order valence-corrected chi connectivity index (χ0v) is 33.9. The highest BCUT2D eigenvalue weighted by atomic mass is 32.2. The second-order valence-corrected chi connectivity index (χ2v) is 16.4. The van der Waals surface area contributed by atoms with E-state index < -0.39 is 42.1 Å². The van der Waals surface area contributed by atoms with Crippen LogP contribution in [0.1, 0.15) is 31.8 Å². The van der Waals surface area contributed by atoms with Crippen LogP contribution in [0.2, 0.25) is 0 Å². The number of urea groups is 2. The average Bonchev–Trinajstić information content (AvgIpc) is 3.27. The van der Waals surface area contributed by atoms with E-state index in [2.05, 4.69) is 21.3 Å². The average molecular weight is 867 g/mol. The van der Waals surface area contributed by atoms with E-state index in [-0.39, 0.29) is 34.4 Å². The largest absolute Gasteiger partial charge is 0.379 e. The van der Waals surface area contributed by atoms with Crippen LogP contribution in [-0.2, 0) is 20.2 Å². The number of carbonyl (C=O) groups is 4. The Kier molecular flexibility index (Phi) is 12.5. The Balaban J connectivity index is 0.940. The summed E-state index contributed by atoms with van der Waals surface area (Å²) in [4.78, 5) is 49.9. The third kappa shape index (κ3) is 10.7. The van der Waals surface area contributed by atoms with Gasteiger partial charge in [-0.2, -0.15) is 16.8 Å². The number of anilines is 4. The van der Waals surface area contributed by atoms with Crippen LogP contribution in [0.3, 0.4) is 0 Å². The Morgan fingerprint density at radius 2 is 0.677 bits per heavy atom. The van der Waals surface area contributed by atoms with Gasteiger partial charge in [0.25, 0.3) is 0 Å². The summed E-state index contributed by atoms with van der Waals surface area (Å²) >= 11 is 0. The van der Waals surface area contributed by atoms with Gasteiger partial charge in [0.2, 0.25) is 0 Å². The van der Waals surface area contributed by atoms with E-state index in [0.717, 1.165) is 18.2 Å². The van der Waals surface area contributed by atoms with Crippen molar-refractivity contribution in [2.24, 2.45) is 0 Å². The molecule has 4 amide bonds. The van der Waals surface area contributed by atoms with E-state index in [9.17, 15) is 36.0 Å². The second kappa shape index (κ2) is 18.5. The standard InChI is InChI=1S/C46H34N4O10S2/c51-43(31-10-3-1-4-11-31)33-20-24-35(25-21-33)47-45(53)49-37-14-7-16-39(28-37)59-61(55,56)41-18-9-19-42(30-41)62(57,58)60-40-17-8-15-38(29-40)50-46(54)48-36-26-22-34(23-27-36)44(52)32-12-5-2-6-13-32/h1-30H,(H2,47,49,53)(H2,48,50,54). The first-order chi connectivity index (χ1) is 29.8. The predicted molar refractivity (Wildman–Crippen MR) is 233 cm³/mol. The number of carbonyl (C=O) groups excluding carboxylic acids is 4. The Hall–Kier alpha value is -8.08. The third-order valence-corrected chi connectivity index (χ3v) is 11.3. The minimum Gasteiger partial charge on any atom is -0.379 e. The van der Waals surface area contributed by atoms with Crippen LogP contribution < -0.4 is 29.6 Å². The number of hydrogen-bond donors (Lipinski definition) is 4. The Morgan fingerprint density at radius 3 is 1.06 bits per heavy atom. The zero-order chi connectivity index (χ0) is 43.7. The van der Waals surface area contributed by atoms with Gasteiger partial charge in [-0.3, -0.25) is 9.59 Å². The molecule has 16 heteroatoms. The monoisotopic (exact) mass is 866 g/mol. The molecule has 4 N–H and O–H groups in total. The van der Waals surface area contributed by atoms with E-state index in [1.165, 1.54) is 54.6 Å². The minimum atomic E-state index is -4.61. The van der Waals surface area contributed by atoms with Gasteiger partial charge < -0.3 is 29.6 Å². The second-order valence-electron chi connectivity index (χ2n) is 13.3. The molecule has 0 aliphatic carbocycles. The van der Waals surface area contributed by atoms with Gasteiger partial charge in [-0.05, 0) is 91.0 Å². The molecule has 62 heavy (non-hydrogen) atoms. The maximum Gasteiger partial charge on any atom is 0.339 e. The van der Waals surface area contributed by atoms with Crippen LogP contribution in [0.15, 0.2) is 192 Å². The van der Waals surface area contributed by atoms with Gasteiger partial charge in [0.1, 0.15) is 21.3 Å². The fourth-order valence-electron chi connectivity index (χ4n) is 5.90. The van der Waals surface area contributed by atoms with Crippen molar-refractivity contribution in [3.8, 4) is 11.5 Å². The van der Waals surface area contributed by atoms with Gasteiger partial charge in [-0.25, -0.2) is 9.59 Å². The summed E-state index contributed by atoms with van der Waals surface area (Å²) in [5.41, 5.74) is 3.07. The summed E-state index contributed by atoms with van der Waals surface area (Å²) in [7, 11) is -9.21. The SMILES string of the molecule is O=C(Nc1ccc(C(=O)c2ccccc2)cc1)Nc1cccc(OS(=O)(=O)c2cccc(S(=O)(=O)Oc3cccc(NC(=O)Nc4ccc(C(=O)c5ccccc5)cc4)c3)c2)c1. The molecular formula is C46H34N4O10S2. The number of nitrogens with one attached hydrogen (secondary N) is 4. The molecule has 0 unspecified atom stereocenters. The fraction of sp³-hybridized carbons (Fsp3) is 0. The Morgan fingerprint density at radius 1 is 0.339 bits per heavy atom. The molecule has 14 nitrogen and oxygen atoms in total. The van der Waals surface area contributed by atoms with Gasteiger partial charge in [0.15, 0.2) is 11.6 Å². The quantitative estimate of drug-likeness (QED) is 0.0604. The van der Waals surface area contributed by atoms with Crippen LogP contribution >= 0.6 is 0 Å². The molecule has 0 saturated heterocycles. The molecular weight excluding hydrogens is 833 g/mol. The highest BCUT2D eigenvalue weighted by Gasteiger charge is 2.23. The van der Waals surface area contributed by atoms with E-state index in [0.29, 0.717) is 33.6 Å². The minimum absolute atomic E-state index is 0.172. The van der Waals surface area contributed by atoms with Gasteiger partial charge in [0, 0.05) is 57.1 Å². The van der Waals surface area contributed by atoms with Crippen molar-refractivity contribution in [1.29, 1.82) is 0 Å². The van der Waals surface area contributed by atoms with Crippen LogP contribution in [0.5, 0.6) is 11.5 Å². The first-order valence-corrected chi connectivity index (χ1v) is 21.4. The summed E-state index contributed by atoms with van der Waals surface area (Å²) in [5.74, 6) is -0.706. The van der Waals surface area contributed by atoms with Crippen LogP contribution in [0, 0.1) is 0 Å². The van der Waals surface area contributed by atoms with E-state index in [1.54, 1.807) is 97.1 Å². The van der Waals surface area contributed by atoms with E-state index in [1.807, 2.05) is 12.1 Å². The van der Waals surface area contributed by atoms with Crippen LogP contribution in [-0.4, -0.2) is 40.5 Å². The molecule has 0 saturated carbocycles.